The lowest BCUT2D eigenvalue weighted by Crippen LogP contribution is -2.53. The van der Waals surface area contributed by atoms with Crippen LogP contribution in [0, 0.1) is 0 Å². The van der Waals surface area contributed by atoms with Crippen LogP contribution in [0.5, 0.6) is 0 Å². The molecule has 0 unspecified atom stereocenters. The van der Waals surface area contributed by atoms with E-state index in [-0.39, 0.29) is 23.8 Å². The molecule has 1 saturated carbocycles. The molecule has 0 spiro atoms. The van der Waals surface area contributed by atoms with Crippen molar-refractivity contribution in [2.75, 3.05) is 0 Å². The molecule has 0 aromatic heterocycles. The molecule has 1 atom stereocenters. The molecule has 3 amide bonds. The highest BCUT2D eigenvalue weighted by molar-refractivity contribution is 6.22. The van der Waals surface area contributed by atoms with Crippen molar-refractivity contribution in [1.29, 1.82) is 0 Å². The van der Waals surface area contributed by atoms with Crippen LogP contribution in [0.1, 0.15) is 58.4 Å². The Kier molecular flexibility index (Phi) is 5.24. The molecule has 0 saturated heterocycles. The first-order valence-electron chi connectivity index (χ1n) is 9.96. The Morgan fingerprint density at radius 2 is 1.46 bits per heavy atom. The minimum absolute atomic E-state index is 0.120. The summed E-state index contributed by atoms with van der Waals surface area (Å²) < 4.78 is 0. The number of benzene rings is 2. The van der Waals surface area contributed by atoms with Crippen molar-refractivity contribution >= 4 is 17.7 Å². The topological polar surface area (TPSA) is 66.5 Å². The van der Waals surface area contributed by atoms with Gasteiger partial charge in [0.15, 0.2) is 0 Å². The van der Waals surface area contributed by atoms with Gasteiger partial charge in [-0.1, -0.05) is 61.7 Å². The molecule has 5 nitrogen and oxygen atoms in total. The molecule has 1 heterocycles. The van der Waals surface area contributed by atoms with Crippen LogP contribution in [0.25, 0.3) is 0 Å². The molecule has 1 N–H and O–H groups in total. The third kappa shape index (κ3) is 3.57. The van der Waals surface area contributed by atoms with Gasteiger partial charge in [0.25, 0.3) is 11.8 Å². The Bertz CT molecular complexity index is 853. The van der Waals surface area contributed by atoms with Gasteiger partial charge in [-0.3, -0.25) is 19.3 Å². The Balaban J connectivity index is 1.62. The van der Waals surface area contributed by atoms with Crippen LogP contribution in [-0.2, 0) is 11.2 Å². The summed E-state index contributed by atoms with van der Waals surface area (Å²) in [7, 11) is 0. The van der Waals surface area contributed by atoms with Crippen molar-refractivity contribution in [1.82, 2.24) is 10.2 Å². The Labute approximate surface area is 164 Å². The summed E-state index contributed by atoms with van der Waals surface area (Å²) in [6.07, 6.45) is 5.60. The molecule has 0 bridgehead atoms. The van der Waals surface area contributed by atoms with Crippen LogP contribution >= 0.6 is 0 Å². The molecule has 4 rings (SSSR count). The van der Waals surface area contributed by atoms with E-state index in [0.29, 0.717) is 17.5 Å². The standard InChI is InChI=1S/C23H24N2O3/c26-21(24-17-11-5-2-6-12-17)20(15-16-9-3-1-4-10-16)25-22(27)18-13-7-8-14-19(18)23(25)28/h1,3-4,7-10,13-14,17,20H,2,5-6,11-12,15H2,(H,24,26)/t20-/m0/s1. The third-order valence-electron chi connectivity index (χ3n) is 5.66. The number of nitrogens with one attached hydrogen (secondary N) is 1. The highest BCUT2D eigenvalue weighted by atomic mass is 16.2. The van der Waals surface area contributed by atoms with E-state index in [4.69, 9.17) is 0 Å². The lowest BCUT2D eigenvalue weighted by molar-refractivity contribution is -0.126. The number of hydrogen-bond donors (Lipinski definition) is 1. The molecule has 5 heteroatoms. The van der Waals surface area contributed by atoms with Gasteiger partial charge < -0.3 is 5.32 Å². The first kappa shape index (κ1) is 18.4. The first-order valence-corrected chi connectivity index (χ1v) is 9.96. The summed E-state index contributed by atoms with van der Waals surface area (Å²) in [5, 5.41) is 3.10. The van der Waals surface area contributed by atoms with E-state index in [9.17, 15) is 14.4 Å². The fourth-order valence-electron chi connectivity index (χ4n) is 4.17. The van der Waals surface area contributed by atoms with Gasteiger partial charge >= 0.3 is 0 Å². The summed E-state index contributed by atoms with van der Waals surface area (Å²) in [5.74, 6) is -1.02. The van der Waals surface area contributed by atoms with Crippen molar-refractivity contribution in [3.05, 3.63) is 71.3 Å². The summed E-state index contributed by atoms with van der Waals surface area (Å²) in [6, 6.07) is 15.6. The number of carbonyl (C=O) groups excluding carboxylic acids is 3. The van der Waals surface area contributed by atoms with Gasteiger partial charge in [0.2, 0.25) is 5.91 Å². The number of imide groups is 1. The molecule has 0 radical (unpaired) electrons. The normalized spacial score (nSPS) is 18.1. The predicted molar refractivity (Wildman–Crippen MR) is 106 cm³/mol. The molecule has 1 fully saturated rings. The number of rotatable bonds is 5. The van der Waals surface area contributed by atoms with Gasteiger partial charge in [0.1, 0.15) is 6.04 Å². The summed E-state index contributed by atoms with van der Waals surface area (Å²) >= 11 is 0. The zero-order valence-corrected chi connectivity index (χ0v) is 15.8. The van der Waals surface area contributed by atoms with E-state index in [0.717, 1.165) is 36.1 Å². The zero-order valence-electron chi connectivity index (χ0n) is 15.8. The van der Waals surface area contributed by atoms with Crippen molar-refractivity contribution in [2.45, 2.75) is 50.6 Å². The molecule has 2 aromatic carbocycles. The van der Waals surface area contributed by atoms with E-state index >= 15 is 0 Å². The van der Waals surface area contributed by atoms with Crippen molar-refractivity contribution in [3.8, 4) is 0 Å². The fraction of sp³-hybridized carbons (Fsp3) is 0.348. The Morgan fingerprint density at radius 1 is 0.893 bits per heavy atom. The van der Waals surface area contributed by atoms with E-state index in [1.54, 1.807) is 24.3 Å². The summed E-state index contributed by atoms with van der Waals surface area (Å²) in [4.78, 5) is 40.3. The molecule has 144 valence electrons. The lowest BCUT2D eigenvalue weighted by atomic mass is 9.94. The van der Waals surface area contributed by atoms with Crippen LogP contribution in [0.15, 0.2) is 54.6 Å². The van der Waals surface area contributed by atoms with Crippen LogP contribution in [0.4, 0.5) is 0 Å². The molecule has 2 aliphatic rings. The highest BCUT2D eigenvalue weighted by Gasteiger charge is 2.42. The zero-order chi connectivity index (χ0) is 19.5. The monoisotopic (exact) mass is 376 g/mol. The quantitative estimate of drug-likeness (QED) is 0.814. The van der Waals surface area contributed by atoms with Crippen molar-refractivity contribution in [2.24, 2.45) is 0 Å². The minimum Gasteiger partial charge on any atom is -0.352 e. The van der Waals surface area contributed by atoms with Crippen molar-refractivity contribution < 1.29 is 14.4 Å². The van der Waals surface area contributed by atoms with Gasteiger partial charge in [-0.15, -0.1) is 0 Å². The first-order chi connectivity index (χ1) is 13.6. The average molecular weight is 376 g/mol. The lowest BCUT2D eigenvalue weighted by Gasteiger charge is -2.29. The largest absolute Gasteiger partial charge is 0.352 e. The summed E-state index contributed by atoms with van der Waals surface area (Å²) in [5.41, 5.74) is 1.66. The second-order valence-corrected chi connectivity index (χ2v) is 7.57. The SMILES string of the molecule is O=C(NC1CCCCC1)[C@H](Cc1ccccc1)N1C(=O)c2ccccc2C1=O. The molecular formula is C23H24N2O3. The van der Waals surface area contributed by atoms with Crippen LogP contribution in [-0.4, -0.2) is 34.7 Å². The second kappa shape index (κ2) is 7.97. The van der Waals surface area contributed by atoms with Crippen LogP contribution < -0.4 is 5.32 Å². The van der Waals surface area contributed by atoms with Crippen LogP contribution in [0.2, 0.25) is 0 Å². The number of carbonyl (C=O) groups is 3. The van der Waals surface area contributed by atoms with Crippen molar-refractivity contribution in [3.63, 3.8) is 0 Å². The van der Waals surface area contributed by atoms with Gasteiger partial charge in [-0.05, 0) is 30.5 Å². The maximum Gasteiger partial charge on any atom is 0.262 e. The Hall–Kier alpha value is -2.95. The van der Waals surface area contributed by atoms with E-state index in [1.807, 2.05) is 30.3 Å². The number of nitrogens with zero attached hydrogens (tertiary/aromatic N) is 1. The summed E-state index contributed by atoms with van der Waals surface area (Å²) in [6.45, 7) is 0. The third-order valence-corrected chi connectivity index (χ3v) is 5.66. The van der Waals surface area contributed by atoms with Gasteiger partial charge in [-0.2, -0.15) is 0 Å². The second-order valence-electron chi connectivity index (χ2n) is 7.57. The average Bonchev–Trinajstić information content (AvgIpc) is 2.98. The van der Waals surface area contributed by atoms with E-state index in [1.165, 1.54) is 6.42 Å². The molecular weight excluding hydrogens is 352 g/mol. The Morgan fingerprint density at radius 3 is 2.07 bits per heavy atom. The maximum atomic E-state index is 13.2. The smallest absolute Gasteiger partial charge is 0.262 e. The maximum absolute atomic E-state index is 13.2. The fourth-order valence-corrected chi connectivity index (χ4v) is 4.17. The highest BCUT2D eigenvalue weighted by Crippen LogP contribution is 2.26. The molecule has 1 aliphatic carbocycles. The number of amides is 3. The molecule has 28 heavy (non-hydrogen) atoms. The molecule has 1 aliphatic heterocycles. The van der Waals surface area contributed by atoms with E-state index in [2.05, 4.69) is 5.32 Å². The number of hydrogen-bond acceptors (Lipinski definition) is 3. The van der Waals surface area contributed by atoms with Gasteiger partial charge in [-0.25, -0.2) is 0 Å². The molecule has 2 aromatic rings. The van der Waals surface area contributed by atoms with Gasteiger partial charge in [0, 0.05) is 12.5 Å². The minimum atomic E-state index is -0.850. The predicted octanol–water partition coefficient (Wildman–Crippen LogP) is 3.34. The van der Waals surface area contributed by atoms with Gasteiger partial charge in [0.05, 0.1) is 11.1 Å². The van der Waals surface area contributed by atoms with E-state index < -0.39 is 6.04 Å². The van der Waals surface area contributed by atoms with Crippen LogP contribution in [0.3, 0.4) is 0 Å². The number of fused-ring (bicyclic) bond motifs is 1.